The van der Waals surface area contributed by atoms with Crippen molar-refractivity contribution in [1.82, 2.24) is 5.32 Å². The van der Waals surface area contributed by atoms with Crippen LogP contribution in [0.5, 0.6) is 0 Å². The summed E-state index contributed by atoms with van der Waals surface area (Å²) < 4.78 is 5.09. The molecule has 86 valence electrons. The number of carboxylic acid groups (broad SMARTS) is 1. The van der Waals surface area contributed by atoms with Gasteiger partial charge < -0.3 is 14.8 Å². The zero-order valence-electron chi connectivity index (χ0n) is 8.38. The number of furan rings is 1. The van der Waals surface area contributed by atoms with E-state index in [1.807, 2.05) is 6.07 Å². The second-order valence-corrected chi connectivity index (χ2v) is 3.70. The molecule has 0 bridgehead atoms. The number of nitrogens with one attached hydrogen (secondary N) is 1. The Balaban J connectivity index is 2.16. The molecule has 0 fully saturated rings. The molecule has 0 aromatic carbocycles. The minimum Gasteiger partial charge on any atom is -0.480 e. The van der Waals surface area contributed by atoms with E-state index < -0.39 is 11.9 Å². The van der Waals surface area contributed by atoms with Crippen molar-refractivity contribution in [3.63, 3.8) is 0 Å². The highest BCUT2D eigenvalue weighted by Crippen LogP contribution is 2.12. The summed E-state index contributed by atoms with van der Waals surface area (Å²) in [5, 5.41) is 12.1. The van der Waals surface area contributed by atoms with Crippen LogP contribution < -0.4 is 5.32 Å². The minimum atomic E-state index is -1.06. The van der Waals surface area contributed by atoms with Gasteiger partial charge in [0.15, 0.2) is 0 Å². The van der Waals surface area contributed by atoms with E-state index in [0.29, 0.717) is 5.75 Å². The van der Waals surface area contributed by atoms with Gasteiger partial charge in [-0.05, 0) is 17.5 Å². The van der Waals surface area contributed by atoms with Gasteiger partial charge in [0, 0.05) is 6.08 Å². The van der Waals surface area contributed by atoms with Gasteiger partial charge in [-0.3, -0.25) is 9.59 Å². The van der Waals surface area contributed by atoms with Crippen LogP contribution in [0.2, 0.25) is 0 Å². The predicted octanol–water partition coefficient (Wildman–Crippen LogP) is 1.23. The summed E-state index contributed by atoms with van der Waals surface area (Å²) in [6, 6.07) is 3.63. The average molecular weight is 241 g/mol. The SMILES string of the molecule is O=C(O)CNC(=O)/C=C/SCc1ccco1. The highest BCUT2D eigenvalue weighted by atomic mass is 32.2. The minimum absolute atomic E-state index is 0.369. The van der Waals surface area contributed by atoms with Crippen molar-refractivity contribution in [3.05, 3.63) is 35.6 Å². The standard InChI is InChI=1S/C10H11NO4S/c12-9(11-6-10(13)14)3-5-16-7-8-2-1-4-15-8/h1-5H,6-7H2,(H,11,12)(H,13,14)/b5-3+. The van der Waals surface area contributed by atoms with Gasteiger partial charge in [0.25, 0.3) is 0 Å². The molecule has 16 heavy (non-hydrogen) atoms. The predicted molar refractivity (Wildman–Crippen MR) is 59.8 cm³/mol. The van der Waals surface area contributed by atoms with Crippen LogP contribution >= 0.6 is 11.8 Å². The van der Waals surface area contributed by atoms with Gasteiger partial charge in [0.05, 0.1) is 12.0 Å². The summed E-state index contributed by atoms with van der Waals surface area (Å²) in [6.07, 6.45) is 2.87. The summed E-state index contributed by atoms with van der Waals surface area (Å²) in [6.45, 7) is -0.369. The molecule has 0 aliphatic rings. The third kappa shape index (κ3) is 5.26. The number of carbonyl (C=O) groups is 2. The van der Waals surface area contributed by atoms with Crippen molar-refractivity contribution in [2.24, 2.45) is 0 Å². The van der Waals surface area contributed by atoms with Gasteiger partial charge in [-0.15, -0.1) is 11.8 Å². The maximum atomic E-state index is 11.0. The topological polar surface area (TPSA) is 79.5 Å². The fourth-order valence-electron chi connectivity index (χ4n) is 0.857. The maximum Gasteiger partial charge on any atom is 0.322 e. The zero-order valence-corrected chi connectivity index (χ0v) is 9.20. The van der Waals surface area contributed by atoms with E-state index in [0.717, 1.165) is 5.76 Å². The summed E-state index contributed by atoms with van der Waals surface area (Å²) in [7, 11) is 0. The molecule has 2 N–H and O–H groups in total. The normalized spacial score (nSPS) is 10.5. The van der Waals surface area contributed by atoms with Crippen LogP contribution in [0.4, 0.5) is 0 Å². The second-order valence-electron chi connectivity index (χ2n) is 2.80. The number of thioether (sulfide) groups is 1. The monoisotopic (exact) mass is 241 g/mol. The molecule has 1 rings (SSSR count). The Morgan fingerprint density at radius 2 is 2.38 bits per heavy atom. The summed E-state index contributed by atoms with van der Waals surface area (Å²) in [5.74, 6) is -0.0321. The highest BCUT2D eigenvalue weighted by Gasteiger charge is 1.99. The molecule has 1 amide bonds. The van der Waals surface area contributed by atoms with E-state index in [-0.39, 0.29) is 6.54 Å². The van der Waals surface area contributed by atoms with Gasteiger partial charge >= 0.3 is 5.97 Å². The van der Waals surface area contributed by atoms with Gasteiger partial charge in [-0.2, -0.15) is 0 Å². The first-order valence-electron chi connectivity index (χ1n) is 4.48. The molecule has 0 spiro atoms. The molecule has 0 aliphatic carbocycles. The van der Waals surface area contributed by atoms with Crippen molar-refractivity contribution < 1.29 is 19.1 Å². The highest BCUT2D eigenvalue weighted by molar-refractivity contribution is 8.01. The lowest BCUT2D eigenvalue weighted by molar-refractivity contribution is -0.137. The lowest BCUT2D eigenvalue weighted by atomic mass is 10.5. The molecule has 1 aromatic heterocycles. The first-order valence-corrected chi connectivity index (χ1v) is 5.53. The summed E-state index contributed by atoms with van der Waals surface area (Å²) >= 11 is 1.39. The average Bonchev–Trinajstić information content (AvgIpc) is 2.74. The molecule has 1 aromatic rings. The second kappa shape index (κ2) is 6.73. The molecular formula is C10H11NO4S. The molecule has 0 unspecified atom stereocenters. The lowest BCUT2D eigenvalue weighted by Gasteiger charge is -1.95. The largest absolute Gasteiger partial charge is 0.480 e. The number of hydrogen-bond donors (Lipinski definition) is 2. The first-order chi connectivity index (χ1) is 7.68. The van der Waals surface area contributed by atoms with Crippen molar-refractivity contribution in [2.75, 3.05) is 6.54 Å². The van der Waals surface area contributed by atoms with E-state index in [9.17, 15) is 9.59 Å². The van der Waals surface area contributed by atoms with Gasteiger partial charge in [-0.25, -0.2) is 0 Å². The number of carboxylic acids is 1. The van der Waals surface area contributed by atoms with Crippen LogP contribution in [0.1, 0.15) is 5.76 Å². The van der Waals surface area contributed by atoms with E-state index >= 15 is 0 Å². The van der Waals surface area contributed by atoms with Gasteiger partial charge in [0.1, 0.15) is 12.3 Å². The molecule has 5 nitrogen and oxygen atoms in total. The number of rotatable bonds is 6. The van der Waals surface area contributed by atoms with Crippen molar-refractivity contribution in [1.29, 1.82) is 0 Å². The van der Waals surface area contributed by atoms with E-state index in [1.165, 1.54) is 17.8 Å². The summed E-state index contributed by atoms with van der Waals surface area (Å²) in [4.78, 5) is 21.1. The van der Waals surface area contributed by atoms with Crippen LogP contribution in [0, 0.1) is 0 Å². The number of hydrogen-bond acceptors (Lipinski definition) is 4. The quantitative estimate of drug-likeness (QED) is 0.732. The third-order valence-corrected chi connectivity index (χ3v) is 2.31. The van der Waals surface area contributed by atoms with Crippen molar-refractivity contribution in [2.45, 2.75) is 5.75 Å². The zero-order chi connectivity index (χ0) is 11.8. The maximum absolute atomic E-state index is 11.0. The van der Waals surface area contributed by atoms with Gasteiger partial charge in [-0.1, -0.05) is 0 Å². The first kappa shape index (κ1) is 12.4. The van der Waals surface area contributed by atoms with Crippen LogP contribution in [-0.2, 0) is 15.3 Å². The Hall–Kier alpha value is -1.69. The van der Waals surface area contributed by atoms with E-state index in [4.69, 9.17) is 9.52 Å². The van der Waals surface area contributed by atoms with E-state index in [2.05, 4.69) is 5.32 Å². The van der Waals surface area contributed by atoms with Crippen molar-refractivity contribution in [3.8, 4) is 0 Å². The van der Waals surface area contributed by atoms with Crippen LogP contribution in [-0.4, -0.2) is 23.5 Å². The number of aliphatic carboxylic acids is 1. The molecule has 0 saturated heterocycles. The Labute approximate surface area is 96.5 Å². The van der Waals surface area contributed by atoms with Gasteiger partial charge in [0.2, 0.25) is 5.91 Å². The molecule has 6 heteroatoms. The Morgan fingerprint density at radius 1 is 1.56 bits per heavy atom. The fraction of sp³-hybridized carbons (Fsp3) is 0.200. The Morgan fingerprint density at radius 3 is 3.00 bits per heavy atom. The van der Waals surface area contributed by atoms with E-state index in [1.54, 1.807) is 17.7 Å². The van der Waals surface area contributed by atoms with Crippen LogP contribution in [0.25, 0.3) is 0 Å². The molecule has 0 radical (unpaired) electrons. The molecule has 0 atom stereocenters. The molecule has 1 heterocycles. The smallest absolute Gasteiger partial charge is 0.322 e. The Bertz CT molecular complexity index is 372. The number of amides is 1. The fourth-order valence-corrected chi connectivity index (χ4v) is 1.50. The Kier molecular flexibility index (Phi) is 5.21. The van der Waals surface area contributed by atoms with Crippen LogP contribution in [0.3, 0.4) is 0 Å². The molecule has 0 saturated carbocycles. The van der Waals surface area contributed by atoms with Crippen LogP contribution in [0.15, 0.2) is 34.3 Å². The summed E-state index contributed by atoms with van der Waals surface area (Å²) in [5.41, 5.74) is 0. The lowest BCUT2D eigenvalue weighted by Crippen LogP contribution is -2.27. The third-order valence-electron chi connectivity index (χ3n) is 1.54. The molecule has 0 aliphatic heterocycles. The van der Waals surface area contributed by atoms with Crippen molar-refractivity contribution >= 4 is 23.6 Å². The number of carbonyl (C=O) groups excluding carboxylic acids is 1. The molecular weight excluding hydrogens is 230 g/mol.